The number of aromatic nitrogens is 1. The van der Waals surface area contributed by atoms with Gasteiger partial charge in [-0.1, -0.05) is 0 Å². The molecule has 1 N–H and O–H groups in total. The van der Waals surface area contributed by atoms with Gasteiger partial charge in [0, 0.05) is 23.5 Å². The average molecular weight is 239 g/mol. The molecule has 86 valence electrons. The van der Waals surface area contributed by atoms with Crippen molar-refractivity contribution in [1.82, 2.24) is 4.98 Å². The van der Waals surface area contributed by atoms with Crippen molar-refractivity contribution < 1.29 is 14.6 Å². The van der Waals surface area contributed by atoms with Gasteiger partial charge in [0.05, 0.1) is 6.10 Å². The number of nitrogens with zero attached hydrogens (tertiary/aromatic N) is 1. The van der Waals surface area contributed by atoms with E-state index in [0.717, 1.165) is 25.2 Å². The number of carboxylic acids is 1. The number of ether oxygens (including phenoxy) is 1. The minimum absolute atomic E-state index is 0.130. The van der Waals surface area contributed by atoms with Crippen LogP contribution in [0.4, 0.5) is 0 Å². The van der Waals surface area contributed by atoms with Crippen LogP contribution < -0.4 is 0 Å². The van der Waals surface area contributed by atoms with Crippen molar-refractivity contribution in [2.75, 3.05) is 12.4 Å². The SMILES string of the molecule is O=C(O)c1ncccc1SCC1CCCO1. The molecule has 0 aromatic carbocycles. The molecule has 0 aliphatic carbocycles. The lowest BCUT2D eigenvalue weighted by atomic mass is 10.3. The molecule has 1 atom stereocenters. The van der Waals surface area contributed by atoms with Crippen LogP contribution in [-0.4, -0.2) is 34.5 Å². The number of carbonyl (C=O) groups is 1. The topological polar surface area (TPSA) is 59.4 Å². The smallest absolute Gasteiger partial charge is 0.355 e. The van der Waals surface area contributed by atoms with E-state index in [1.54, 1.807) is 12.1 Å². The Hall–Kier alpha value is -1.07. The lowest BCUT2D eigenvalue weighted by Crippen LogP contribution is -2.09. The van der Waals surface area contributed by atoms with Gasteiger partial charge in [-0.15, -0.1) is 11.8 Å². The Bertz CT molecular complexity index is 377. The van der Waals surface area contributed by atoms with Crippen LogP contribution >= 0.6 is 11.8 Å². The third-order valence-corrected chi connectivity index (χ3v) is 3.60. The molecule has 1 aromatic heterocycles. The first-order valence-electron chi connectivity index (χ1n) is 5.20. The van der Waals surface area contributed by atoms with Crippen LogP contribution in [0.25, 0.3) is 0 Å². The second kappa shape index (κ2) is 5.32. The fraction of sp³-hybridized carbons (Fsp3) is 0.455. The molecule has 1 aliphatic heterocycles. The van der Waals surface area contributed by atoms with Crippen molar-refractivity contribution >= 4 is 17.7 Å². The van der Waals surface area contributed by atoms with E-state index in [2.05, 4.69) is 4.98 Å². The van der Waals surface area contributed by atoms with Crippen molar-refractivity contribution in [2.45, 2.75) is 23.8 Å². The number of hydrogen-bond donors (Lipinski definition) is 1. The van der Waals surface area contributed by atoms with Crippen LogP contribution in [0.3, 0.4) is 0 Å². The lowest BCUT2D eigenvalue weighted by molar-refractivity contribution is 0.0686. The first-order valence-corrected chi connectivity index (χ1v) is 6.18. The van der Waals surface area contributed by atoms with Crippen molar-refractivity contribution in [3.05, 3.63) is 24.0 Å². The number of rotatable bonds is 4. The van der Waals surface area contributed by atoms with Gasteiger partial charge in [0.1, 0.15) is 0 Å². The molecule has 0 saturated carbocycles. The molecule has 0 amide bonds. The van der Waals surface area contributed by atoms with E-state index >= 15 is 0 Å². The minimum atomic E-state index is -0.976. The molecule has 16 heavy (non-hydrogen) atoms. The summed E-state index contributed by atoms with van der Waals surface area (Å²) >= 11 is 1.50. The Morgan fingerprint density at radius 1 is 1.69 bits per heavy atom. The highest BCUT2D eigenvalue weighted by Gasteiger charge is 2.18. The Morgan fingerprint density at radius 3 is 3.25 bits per heavy atom. The summed E-state index contributed by atoms with van der Waals surface area (Å²) in [7, 11) is 0. The Kier molecular flexibility index (Phi) is 3.79. The molecule has 1 aliphatic rings. The highest BCUT2D eigenvalue weighted by Crippen LogP contribution is 2.25. The maximum atomic E-state index is 10.9. The van der Waals surface area contributed by atoms with Crippen LogP contribution in [0.1, 0.15) is 23.3 Å². The number of carboxylic acid groups (broad SMARTS) is 1. The van der Waals surface area contributed by atoms with Crippen LogP contribution in [0, 0.1) is 0 Å². The zero-order chi connectivity index (χ0) is 11.4. The van der Waals surface area contributed by atoms with E-state index in [9.17, 15) is 4.79 Å². The molecule has 2 heterocycles. The van der Waals surface area contributed by atoms with Crippen molar-refractivity contribution in [2.24, 2.45) is 0 Å². The summed E-state index contributed by atoms with van der Waals surface area (Å²) < 4.78 is 5.49. The Morgan fingerprint density at radius 2 is 2.56 bits per heavy atom. The predicted octanol–water partition coefficient (Wildman–Crippen LogP) is 2.05. The van der Waals surface area contributed by atoms with Gasteiger partial charge >= 0.3 is 5.97 Å². The van der Waals surface area contributed by atoms with Gasteiger partial charge in [0.15, 0.2) is 5.69 Å². The molecule has 4 nitrogen and oxygen atoms in total. The molecule has 0 spiro atoms. The van der Waals surface area contributed by atoms with E-state index in [0.29, 0.717) is 4.90 Å². The fourth-order valence-corrected chi connectivity index (χ4v) is 2.71. The highest BCUT2D eigenvalue weighted by molar-refractivity contribution is 7.99. The molecule has 1 aromatic rings. The maximum Gasteiger partial charge on any atom is 0.355 e. The Balaban J connectivity index is 2.00. The molecule has 0 radical (unpaired) electrons. The molecule has 0 bridgehead atoms. The molecule has 1 saturated heterocycles. The van der Waals surface area contributed by atoms with E-state index < -0.39 is 5.97 Å². The summed E-state index contributed by atoms with van der Waals surface area (Å²) in [4.78, 5) is 15.5. The second-order valence-corrected chi connectivity index (χ2v) is 4.66. The van der Waals surface area contributed by atoms with E-state index in [1.165, 1.54) is 18.0 Å². The second-order valence-electron chi connectivity index (χ2n) is 3.60. The van der Waals surface area contributed by atoms with Gasteiger partial charge in [-0.2, -0.15) is 0 Å². The Labute approximate surface area is 98.0 Å². The van der Waals surface area contributed by atoms with E-state index in [4.69, 9.17) is 9.84 Å². The van der Waals surface area contributed by atoms with Crippen molar-refractivity contribution in [3.8, 4) is 0 Å². The van der Waals surface area contributed by atoms with Crippen LogP contribution in [0.15, 0.2) is 23.2 Å². The summed E-state index contributed by atoms with van der Waals surface area (Å²) in [5.41, 5.74) is 0.130. The average Bonchev–Trinajstić information content (AvgIpc) is 2.79. The summed E-state index contributed by atoms with van der Waals surface area (Å²) in [6.07, 6.45) is 3.92. The number of aromatic carboxylic acids is 1. The summed E-state index contributed by atoms with van der Waals surface area (Å²) in [5, 5.41) is 8.95. The number of pyridine rings is 1. The summed E-state index contributed by atoms with van der Waals surface area (Å²) in [6.45, 7) is 0.823. The van der Waals surface area contributed by atoms with E-state index in [1.807, 2.05) is 0 Å². The molecule has 2 rings (SSSR count). The highest BCUT2D eigenvalue weighted by atomic mass is 32.2. The molecule has 5 heteroatoms. The van der Waals surface area contributed by atoms with Gasteiger partial charge in [0.2, 0.25) is 0 Å². The molecular weight excluding hydrogens is 226 g/mol. The standard InChI is InChI=1S/C11H13NO3S/c13-11(14)10-9(4-1-5-12-10)16-7-8-3-2-6-15-8/h1,4-5,8H,2-3,6-7H2,(H,13,14). The van der Waals surface area contributed by atoms with Crippen molar-refractivity contribution in [3.63, 3.8) is 0 Å². The van der Waals surface area contributed by atoms with Crippen LogP contribution in [-0.2, 0) is 4.74 Å². The first-order chi connectivity index (χ1) is 7.77. The number of thioether (sulfide) groups is 1. The van der Waals surface area contributed by atoms with Gasteiger partial charge in [-0.05, 0) is 25.0 Å². The van der Waals surface area contributed by atoms with Crippen molar-refractivity contribution in [1.29, 1.82) is 0 Å². The number of hydrogen-bond acceptors (Lipinski definition) is 4. The molecular formula is C11H13NO3S. The third-order valence-electron chi connectivity index (χ3n) is 2.42. The zero-order valence-electron chi connectivity index (χ0n) is 8.76. The third kappa shape index (κ3) is 2.74. The summed E-state index contributed by atoms with van der Waals surface area (Å²) in [5.74, 6) is -0.179. The van der Waals surface area contributed by atoms with Gasteiger partial charge in [0.25, 0.3) is 0 Å². The summed E-state index contributed by atoms with van der Waals surface area (Å²) in [6, 6.07) is 3.54. The van der Waals surface area contributed by atoms with Crippen LogP contribution in [0.2, 0.25) is 0 Å². The fourth-order valence-electron chi connectivity index (χ4n) is 1.63. The maximum absolute atomic E-state index is 10.9. The lowest BCUT2D eigenvalue weighted by Gasteiger charge is -2.09. The molecule has 1 unspecified atom stereocenters. The minimum Gasteiger partial charge on any atom is -0.476 e. The first kappa shape index (κ1) is 11.4. The van der Waals surface area contributed by atoms with Crippen LogP contribution in [0.5, 0.6) is 0 Å². The van der Waals surface area contributed by atoms with Gasteiger partial charge < -0.3 is 9.84 Å². The quantitative estimate of drug-likeness (QED) is 0.815. The zero-order valence-corrected chi connectivity index (χ0v) is 9.57. The monoisotopic (exact) mass is 239 g/mol. The predicted molar refractivity (Wildman–Crippen MR) is 60.9 cm³/mol. The normalized spacial score (nSPS) is 19.9. The van der Waals surface area contributed by atoms with Gasteiger partial charge in [-0.3, -0.25) is 0 Å². The largest absolute Gasteiger partial charge is 0.476 e. The van der Waals surface area contributed by atoms with Gasteiger partial charge in [-0.25, -0.2) is 9.78 Å². The molecule has 1 fully saturated rings. The van der Waals surface area contributed by atoms with E-state index in [-0.39, 0.29) is 11.8 Å².